The fourth-order valence-corrected chi connectivity index (χ4v) is 10.6. The van der Waals surface area contributed by atoms with Gasteiger partial charge in [-0.25, -0.2) is 0 Å². The van der Waals surface area contributed by atoms with Crippen molar-refractivity contribution >= 4 is 0 Å². The molecule has 0 bridgehead atoms. The number of hydrogen-bond donors (Lipinski definition) is 4. The second-order valence-corrected chi connectivity index (χ2v) is 15.2. The summed E-state index contributed by atoms with van der Waals surface area (Å²) in [6.45, 7) is 18.1. The zero-order chi connectivity index (χ0) is 26.2. The van der Waals surface area contributed by atoms with E-state index in [-0.39, 0.29) is 39.8 Å². The summed E-state index contributed by atoms with van der Waals surface area (Å²) < 4.78 is 0. The number of aliphatic hydroxyl groups is 4. The largest absolute Gasteiger partial charge is 0.393 e. The van der Waals surface area contributed by atoms with Crippen LogP contribution >= 0.6 is 0 Å². The lowest BCUT2D eigenvalue weighted by Gasteiger charge is -2.71. The minimum absolute atomic E-state index is 0.0255. The molecule has 0 radical (unpaired) electrons. The molecule has 4 fully saturated rings. The van der Waals surface area contributed by atoms with Crippen LogP contribution in [0.25, 0.3) is 0 Å². The van der Waals surface area contributed by atoms with Gasteiger partial charge in [-0.1, -0.05) is 47.6 Å². The fourth-order valence-electron chi connectivity index (χ4n) is 10.6. The highest BCUT2D eigenvalue weighted by molar-refractivity contribution is 5.25. The van der Waals surface area contributed by atoms with E-state index >= 15 is 0 Å². The van der Waals surface area contributed by atoms with Gasteiger partial charge in [-0.3, -0.25) is 0 Å². The average molecular weight is 491 g/mol. The second kappa shape index (κ2) is 8.55. The molecule has 0 aromatic carbocycles. The van der Waals surface area contributed by atoms with Gasteiger partial charge in [0.15, 0.2) is 0 Å². The SMILES string of the molecule is CC(C)(O)C(O)C/C=C(\CO)[C@H]1CC[C@]2(C)[C@]1(C)CC[C@@H]1[C@@]3(C)CC[C@H](O)C(C)(C)[C@@H]3CC[C@]12C. The number of hydrogen-bond acceptors (Lipinski definition) is 4. The third kappa shape index (κ3) is 3.74. The van der Waals surface area contributed by atoms with Crippen molar-refractivity contribution in [1.29, 1.82) is 0 Å². The molecule has 1 unspecified atom stereocenters. The van der Waals surface area contributed by atoms with E-state index in [4.69, 9.17) is 0 Å². The Hall–Kier alpha value is -0.420. The third-order valence-electron chi connectivity index (χ3n) is 13.3. The van der Waals surface area contributed by atoms with Gasteiger partial charge < -0.3 is 20.4 Å². The average Bonchev–Trinajstić information content (AvgIpc) is 3.03. The van der Waals surface area contributed by atoms with Gasteiger partial charge in [-0.05, 0) is 122 Å². The van der Waals surface area contributed by atoms with Crippen LogP contribution in [0.5, 0.6) is 0 Å². The van der Waals surface area contributed by atoms with Crippen molar-refractivity contribution in [3.8, 4) is 0 Å². The Bertz CT molecular complexity index is 841. The smallest absolute Gasteiger partial charge is 0.0856 e. The quantitative estimate of drug-likeness (QED) is 0.364. The van der Waals surface area contributed by atoms with E-state index in [0.29, 0.717) is 24.2 Å². The number of rotatable bonds is 5. The molecule has 0 heterocycles. The number of fused-ring (bicyclic) bond motifs is 5. The highest BCUT2D eigenvalue weighted by Crippen LogP contribution is 2.79. The third-order valence-corrected chi connectivity index (χ3v) is 13.3. The topological polar surface area (TPSA) is 80.9 Å². The summed E-state index contributed by atoms with van der Waals surface area (Å²) in [6, 6.07) is 0. The van der Waals surface area contributed by atoms with E-state index < -0.39 is 11.7 Å². The van der Waals surface area contributed by atoms with Crippen LogP contribution in [0.2, 0.25) is 0 Å². The molecule has 0 saturated heterocycles. The molecule has 4 saturated carbocycles. The summed E-state index contributed by atoms with van der Waals surface area (Å²) in [5.74, 6) is 1.55. The van der Waals surface area contributed by atoms with Gasteiger partial charge in [0, 0.05) is 0 Å². The van der Waals surface area contributed by atoms with E-state index in [1.165, 1.54) is 32.1 Å². The molecule has 0 aromatic rings. The monoisotopic (exact) mass is 490 g/mol. The summed E-state index contributed by atoms with van der Waals surface area (Å²) in [7, 11) is 0. The molecule has 0 amide bonds. The summed E-state index contributed by atoms with van der Waals surface area (Å²) in [4.78, 5) is 0. The van der Waals surface area contributed by atoms with Crippen LogP contribution in [-0.4, -0.2) is 44.8 Å². The molecule has 4 aliphatic carbocycles. The lowest BCUT2D eigenvalue weighted by Crippen LogP contribution is -2.65. The lowest BCUT2D eigenvalue weighted by molar-refractivity contribution is -0.238. The van der Waals surface area contributed by atoms with E-state index in [9.17, 15) is 20.4 Å². The molecular weight excluding hydrogens is 436 g/mol. The van der Waals surface area contributed by atoms with Gasteiger partial charge in [-0.2, -0.15) is 0 Å². The first-order valence-electron chi connectivity index (χ1n) is 14.4. The van der Waals surface area contributed by atoms with Crippen LogP contribution in [0.3, 0.4) is 0 Å². The first kappa shape index (κ1) is 27.6. The van der Waals surface area contributed by atoms with Crippen molar-refractivity contribution in [2.75, 3.05) is 6.61 Å². The first-order valence-corrected chi connectivity index (χ1v) is 14.4. The first-order chi connectivity index (χ1) is 16.0. The minimum Gasteiger partial charge on any atom is -0.393 e. The second-order valence-electron chi connectivity index (χ2n) is 15.2. The van der Waals surface area contributed by atoms with Crippen LogP contribution in [0.4, 0.5) is 0 Å². The maximum Gasteiger partial charge on any atom is 0.0856 e. The van der Waals surface area contributed by atoms with E-state index in [1.54, 1.807) is 13.8 Å². The highest BCUT2D eigenvalue weighted by Gasteiger charge is 2.71. The van der Waals surface area contributed by atoms with Gasteiger partial charge in [0.1, 0.15) is 0 Å². The molecule has 0 aliphatic heterocycles. The van der Waals surface area contributed by atoms with Crippen molar-refractivity contribution in [3.63, 3.8) is 0 Å². The van der Waals surface area contributed by atoms with Gasteiger partial charge in [-0.15, -0.1) is 0 Å². The molecule has 202 valence electrons. The maximum absolute atomic E-state index is 10.9. The van der Waals surface area contributed by atoms with Crippen molar-refractivity contribution in [3.05, 3.63) is 11.6 Å². The molecule has 0 aromatic heterocycles. The molecule has 35 heavy (non-hydrogen) atoms. The molecule has 9 atom stereocenters. The van der Waals surface area contributed by atoms with E-state index in [0.717, 1.165) is 24.8 Å². The molecule has 4 heteroatoms. The molecule has 4 nitrogen and oxygen atoms in total. The van der Waals surface area contributed by atoms with Crippen molar-refractivity contribution < 1.29 is 20.4 Å². The Morgan fingerprint density at radius 1 is 0.886 bits per heavy atom. The summed E-state index contributed by atoms with van der Waals surface area (Å²) in [6.07, 6.45) is 10.5. The number of aliphatic hydroxyl groups excluding tert-OH is 3. The molecule has 4 N–H and O–H groups in total. The summed E-state index contributed by atoms with van der Waals surface area (Å²) in [5, 5.41) is 41.9. The van der Waals surface area contributed by atoms with Crippen LogP contribution in [0.1, 0.15) is 113 Å². The van der Waals surface area contributed by atoms with E-state index in [1.807, 2.05) is 6.08 Å². The lowest BCUT2D eigenvalue weighted by atomic mass is 9.33. The zero-order valence-electron chi connectivity index (χ0n) is 23.8. The molecule has 4 aliphatic rings. The van der Waals surface area contributed by atoms with E-state index in [2.05, 4.69) is 41.5 Å². The van der Waals surface area contributed by atoms with Gasteiger partial charge in [0.25, 0.3) is 0 Å². The maximum atomic E-state index is 10.9. The molecular formula is C31H54O4. The Kier molecular flexibility index (Phi) is 6.74. The minimum atomic E-state index is -1.15. The van der Waals surface area contributed by atoms with Crippen LogP contribution in [0, 0.1) is 44.8 Å². The normalized spacial score (nSPS) is 48.6. The zero-order valence-corrected chi connectivity index (χ0v) is 23.8. The summed E-state index contributed by atoms with van der Waals surface area (Å²) in [5.41, 5.74) is 0.693. The Morgan fingerprint density at radius 3 is 2.09 bits per heavy atom. The Morgan fingerprint density at radius 2 is 1.49 bits per heavy atom. The predicted octanol–water partition coefficient (Wildman–Crippen LogP) is 5.86. The Balaban J connectivity index is 1.66. The van der Waals surface area contributed by atoms with Crippen molar-refractivity contribution in [1.82, 2.24) is 0 Å². The van der Waals surface area contributed by atoms with Crippen LogP contribution < -0.4 is 0 Å². The standard InChI is InChI=1S/C31H54O4/c1-26(2)22-12-17-30(7)23(28(22,5)15-14-24(26)33)13-16-29(6)21(11-18-31(29,30)8)20(19-32)9-10-25(34)27(3,4)35/h9,21-25,32-35H,10-19H2,1-8H3/b20-9+/t21-,22+,23-,24+,25?,28+,29-,30-,31-/m1/s1. The highest BCUT2D eigenvalue weighted by atomic mass is 16.3. The fraction of sp³-hybridized carbons (Fsp3) is 0.935. The van der Waals surface area contributed by atoms with Gasteiger partial charge >= 0.3 is 0 Å². The van der Waals surface area contributed by atoms with Crippen molar-refractivity contribution in [2.24, 2.45) is 44.8 Å². The molecule has 4 rings (SSSR count). The molecule has 0 spiro atoms. The van der Waals surface area contributed by atoms with Crippen molar-refractivity contribution in [2.45, 2.75) is 131 Å². The van der Waals surface area contributed by atoms with Gasteiger partial charge in [0.2, 0.25) is 0 Å². The Labute approximate surface area is 214 Å². The summed E-state index contributed by atoms with van der Waals surface area (Å²) >= 11 is 0. The van der Waals surface area contributed by atoms with Crippen LogP contribution in [0.15, 0.2) is 11.6 Å². The van der Waals surface area contributed by atoms with Crippen LogP contribution in [-0.2, 0) is 0 Å². The van der Waals surface area contributed by atoms with Gasteiger partial charge in [0.05, 0.1) is 24.4 Å². The predicted molar refractivity (Wildman–Crippen MR) is 142 cm³/mol.